The predicted molar refractivity (Wildman–Crippen MR) is 91.0 cm³/mol. The van der Waals surface area contributed by atoms with Gasteiger partial charge in [-0.15, -0.1) is 11.8 Å². The van der Waals surface area contributed by atoms with Gasteiger partial charge >= 0.3 is 0 Å². The van der Waals surface area contributed by atoms with E-state index in [0.717, 1.165) is 28.1 Å². The first-order valence-electron chi connectivity index (χ1n) is 6.82. The molecule has 1 N–H and O–H groups in total. The van der Waals surface area contributed by atoms with Crippen LogP contribution in [0.15, 0.2) is 47.4 Å². The average molecular weight is 295 g/mol. The molecule has 0 spiro atoms. The summed E-state index contributed by atoms with van der Waals surface area (Å²) in [7, 11) is 1.90. The fourth-order valence-corrected chi connectivity index (χ4v) is 2.98. The minimum absolute atomic E-state index is 0.764. The minimum atomic E-state index is 0.764. The van der Waals surface area contributed by atoms with Crippen molar-refractivity contribution >= 4 is 28.5 Å². The van der Waals surface area contributed by atoms with Crippen molar-refractivity contribution in [3.63, 3.8) is 0 Å². The maximum Gasteiger partial charge on any atom is 0.163 e. The van der Waals surface area contributed by atoms with Crippen LogP contribution in [0.2, 0.25) is 0 Å². The zero-order chi connectivity index (χ0) is 14.8. The molecule has 1 aromatic heterocycles. The van der Waals surface area contributed by atoms with Crippen molar-refractivity contribution < 1.29 is 0 Å². The van der Waals surface area contributed by atoms with Gasteiger partial charge in [0.15, 0.2) is 5.82 Å². The van der Waals surface area contributed by atoms with Crippen LogP contribution in [0.4, 0.5) is 5.82 Å². The Morgan fingerprint density at radius 3 is 2.62 bits per heavy atom. The van der Waals surface area contributed by atoms with Crippen LogP contribution < -0.4 is 5.32 Å². The molecule has 0 amide bonds. The highest BCUT2D eigenvalue weighted by Gasteiger charge is 2.11. The smallest absolute Gasteiger partial charge is 0.163 e. The second-order valence-electron chi connectivity index (χ2n) is 4.87. The average Bonchev–Trinajstić information content (AvgIpc) is 2.53. The van der Waals surface area contributed by atoms with Gasteiger partial charge in [-0.2, -0.15) is 0 Å². The zero-order valence-corrected chi connectivity index (χ0v) is 13.2. The number of rotatable bonds is 3. The summed E-state index contributed by atoms with van der Waals surface area (Å²) in [5.41, 5.74) is 3.25. The third-order valence-corrected chi connectivity index (χ3v) is 4.23. The molecule has 0 radical (unpaired) electrons. The van der Waals surface area contributed by atoms with Gasteiger partial charge in [-0.3, -0.25) is 0 Å². The largest absolute Gasteiger partial charge is 0.373 e. The second kappa shape index (κ2) is 5.74. The van der Waals surface area contributed by atoms with E-state index in [4.69, 9.17) is 9.97 Å². The molecule has 21 heavy (non-hydrogen) atoms. The molecule has 106 valence electrons. The van der Waals surface area contributed by atoms with Crippen LogP contribution in [0.1, 0.15) is 5.56 Å². The first-order valence-corrected chi connectivity index (χ1v) is 8.05. The fourth-order valence-electron chi connectivity index (χ4n) is 2.38. The lowest BCUT2D eigenvalue weighted by atomic mass is 10.1. The Labute approximate surface area is 128 Å². The molecule has 3 rings (SSSR count). The number of thioether (sulfide) groups is 1. The molecule has 0 saturated heterocycles. The Balaban J connectivity index is 2.27. The zero-order valence-electron chi connectivity index (χ0n) is 12.3. The van der Waals surface area contributed by atoms with E-state index < -0.39 is 0 Å². The van der Waals surface area contributed by atoms with Crippen LogP contribution in [0, 0.1) is 6.92 Å². The Kier molecular flexibility index (Phi) is 3.80. The SMILES string of the molecule is CNc1nc(-c2ccccc2SC)nc2ccc(C)cc12. The molecule has 0 fully saturated rings. The van der Waals surface area contributed by atoms with Crippen LogP contribution in [-0.4, -0.2) is 23.3 Å². The third kappa shape index (κ3) is 2.59. The summed E-state index contributed by atoms with van der Waals surface area (Å²) in [6.45, 7) is 2.08. The van der Waals surface area contributed by atoms with E-state index in [1.54, 1.807) is 11.8 Å². The Bertz CT molecular complexity index is 799. The van der Waals surface area contributed by atoms with Gasteiger partial charge in [0.25, 0.3) is 0 Å². The predicted octanol–water partition coefficient (Wildman–Crippen LogP) is 4.37. The molecular formula is C17H17N3S. The van der Waals surface area contributed by atoms with Gasteiger partial charge in [0.1, 0.15) is 5.82 Å². The molecule has 3 aromatic rings. The molecule has 2 aromatic carbocycles. The molecule has 0 atom stereocenters. The Hall–Kier alpha value is -2.07. The second-order valence-corrected chi connectivity index (χ2v) is 5.71. The van der Waals surface area contributed by atoms with Crippen molar-refractivity contribution in [3.05, 3.63) is 48.0 Å². The van der Waals surface area contributed by atoms with Crippen LogP contribution in [0.25, 0.3) is 22.3 Å². The van der Waals surface area contributed by atoms with E-state index in [0.29, 0.717) is 0 Å². The number of nitrogens with zero attached hydrogens (tertiary/aromatic N) is 2. The summed E-state index contributed by atoms with van der Waals surface area (Å²) in [6, 6.07) is 14.5. The number of benzene rings is 2. The summed E-state index contributed by atoms with van der Waals surface area (Å²) in [6.07, 6.45) is 2.07. The third-order valence-electron chi connectivity index (χ3n) is 3.44. The Morgan fingerprint density at radius 2 is 1.86 bits per heavy atom. The summed E-state index contributed by atoms with van der Waals surface area (Å²) in [5, 5.41) is 4.25. The van der Waals surface area contributed by atoms with E-state index in [2.05, 4.69) is 48.8 Å². The number of fused-ring (bicyclic) bond motifs is 1. The first kappa shape index (κ1) is 13.9. The number of aryl methyl sites for hydroxylation is 1. The van der Waals surface area contributed by atoms with E-state index in [-0.39, 0.29) is 0 Å². The van der Waals surface area contributed by atoms with Gasteiger partial charge in [0.05, 0.1) is 5.52 Å². The molecule has 0 saturated carbocycles. The summed E-state index contributed by atoms with van der Waals surface area (Å²) in [5.74, 6) is 1.63. The van der Waals surface area contributed by atoms with E-state index in [1.165, 1.54) is 10.5 Å². The molecule has 1 heterocycles. The lowest BCUT2D eigenvalue weighted by Crippen LogP contribution is -1.99. The van der Waals surface area contributed by atoms with E-state index in [9.17, 15) is 0 Å². The highest BCUT2D eigenvalue weighted by Crippen LogP contribution is 2.31. The van der Waals surface area contributed by atoms with E-state index >= 15 is 0 Å². The van der Waals surface area contributed by atoms with Gasteiger partial charge in [0, 0.05) is 22.9 Å². The lowest BCUT2D eigenvalue weighted by molar-refractivity contribution is 1.19. The Morgan fingerprint density at radius 1 is 1.05 bits per heavy atom. The first-order chi connectivity index (χ1) is 10.2. The van der Waals surface area contributed by atoms with E-state index in [1.807, 2.05) is 19.2 Å². The molecule has 0 aliphatic carbocycles. The van der Waals surface area contributed by atoms with Gasteiger partial charge in [0.2, 0.25) is 0 Å². The molecule has 0 aliphatic rings. The lowest BCUT2D eigenvalue weighted by Gasteiger charge is -2.11. The highest BCUT2D eigenvalue weighted by atomic mass is 32.2. The van der Waals surface area contributed by atoms with Gasteiger partial charge in [-0.1, -0.05) is 29.8 Å². The molecule has 0 unspecified atom stereocenters. The molecule has 0 bridgehead atoms. The fraction of sp³-hybridized carbons (Fsp3) is 0.176. The number of aromatic nitrogens is 2. The molecular weight excluding hydrogens is 278 g/mol. The van der Waals surface area contributed by atoms with Crippen LogP contribution in [0.3, 0.4) is 0 Å². The van der Waals surface area contributed by atoms with Crippen molar-refractivity contribution in [3.8, 4) is 11.4 Å². The van der Waals surface area contributed by atoms with Crippen molar-refractivity contribution in [1.29, 1.82) is 0 Å². The quantitative estimate of drug-likeness (QED) is 0.728. The maximum atomic E-state index is 4.74. The van der Waals surface area contributed by atoms with Gasteiger partial charge < -0.3 is 5.32 Å². The van der Waals surface area contributed by atoms with Crippen molar-refractivity contribution in [2.24, 2.45) is 0 Å². The molecule has 0 aliphatic heterocycles. The topological polar surface area (TPSA) is 37.8 Å². The van der Waals surface area contributed by atoms with Gasteiger partial charge in [-0.25, -0.2) is 9.97 Å². The van der Waals surface area contributed by atoms with Crippen LogP contribution in [-0.2, 0) is 0 Å². The van der Waals surface area contributed by atoms with Gasteiger partial charge in [-0.05, 0) is 31.4 Å². The maximum absolute atomic E-state index is 4.74. The molecule has 3 nitrogen and oxygen atoms in total. The standard InChI is InChI=1S/C17H17N3S/c1-11-8-9-14-13(10-11)16(18-2)20-17(19-14)12-6-4-5-7-15(12)21-3/h4-10H,1-3H3,(H,18,19,20). The summed E-state index contributed by atoms with van der Waals surface area (Å²) >= 11 is 1.71. The minimum Gasteiger partial charge on any atom is -0.373 e. The summed E-state index contributed by atoms with van der Waals surface area (Å²) in [4.78, 5) is 10.6. The van der Waals surface area contributed by atoms with Crippen LogP contribution in [0.5, 0.6) is 0 Å². The normalized spacial score (nSPS) is 10.8. The van der Waals surface area contributed by atoms with Crippen molar-refractivity contribution in [2.45, 2.75) is 11.8 Å². The van der Waals surface area contributed by atoms with Crippen molar-refractivity contribution in [1.82, 2.24) is 9.97 Å². The monoisotopic (exact) mass is 295 g/mol. The number of hydrogen-bond donors (Lipinski definition) is 1. The van der Waals surface area contributed by atoms with Crippen molar-refractivity contribution in [2.75, 3.05) is 18.6 Å². The number of hydrogen-bond acceptors (Lipinski definition) is 4. The highest BCUT2D eigenvalue weighted by molar-refractivity contribution is 7.98. The van der Waals surface area contributed by atoms with Crippen LogP contribution >= 0.6 is 11.8 Å². The number of nitrogens with one attached hydrogen (secondary N) is 1. The number of anilines is 1. The summed E-state index contributed by atoms with van der Waals surface area (Å²) < 4.78 is 0. The molecule has 4 heteroatoms.